The summed E-state index contributed by atoms with van der Waals surface area (Å²) in [5.41, 5.74) is 0.909. The van der Waals surface area contributed by atoms with E-state index in [1.807, 2.05) is 20.8 Å². The molecule has 0 spiro atoms. The van der Waals surface area contributed by atoms with E-state index >= 15 is 0 Å². The lowest BCUT2D eigenvalue weighted by atomic mass is 10.1. The van der Waals surface area contributed by atoms with Gasteiger partial charge in [-0.1, -0.05) is 28.1 Å². The van der Waals surface area contributed by atoms with Gasteiger partial charge in [0.05, 0.1) is 6.42 Å². The summed E-state index contributed by atoms with van der Waals surface area (Å²) in [5.74, 6) is -0.275. The second-order valence-corrected chi connectivity index (χ2v) is 5.59. The molecule has 0 unspecified atom stereocenters. The summed E-state index contributed by atoms with van der Waals surface area (Å²) in [5, 5.41) is 0. The Morgan fingerprint density at radius 1 is 1.41 bits per heavy atom. The van der Waals surface area contributed by atoms with E-state index in [1.165, 1.54) is 0 Å². The fourth-order valence-electron chi connectivity index (χ4n) is 1.32. The summed E-state index contributed by atoms with van der Waals surface area (Å²) in [7, 11) is 0. The third-order valence-electron chi connectivity index (χ3n) is 1.96. The highest BCUT2D eigenvalue weighted by Gasteiger charge is 2.16. The largest absolute Gasteiger partial charge is 0.460 e. The number of carbonyl (C=O) groups excluding carboxylic acids is 2. The van der Waals surface area contributed by atoms with Crippen molar-refractivity contribution in [1.29, 1.82) is 0 Å². The molecule has 4 heteroatoms. The third-order valence-corrected chi connectivity index (χ3v) is 2.65. The van der Waals surface area contributed by atoms with Crippen LogP contribution in [0, 0.1) is 0 Å². The maximum atomic E-state index is 11.6. The van der Waals surface area contributed by atoms with Crippen LogP contribution in [-0.2, 0) is 16.0 Å². The number of ether oxygens (including phenoxy) is 1. The number of rotatable bonds is 3. The monoisotopic (exact) mass is 298 g/mol. The van der Waals surface area contributed by atoms with Crippen LogP contribution in [0.1, 0.15) is 36.7 Å². The Bertz CT molecular complexity index is 433. The highest BCUT2D eigenvalue weighted by atomic mass is 79.9. The van der Waals surface area contributed by atoms with Gasteiger partial charge in [0.25, 0.3) is 0 Å². The smallest absolute Gasteiger partial charge is 0.310 e. The molecule has 0 aromatic heterocycles. The second-order valence-electron chi connectivity index (χ2n) is 4.74. The van der Waals surface area contributed by atoms with Gasteiger partial charge in [0.1, 0.15) is 5.60 Å². The second kappa shape index (κ2) is 5.45. The zero-order chi connectivity index (χ0) is 13.1. The number of halogens is 1. The van der Waals surface area contributed by atoms with Gasteiger partial charge in [0.2, 0.25) is 0 Å². The Morgan fingerprint density at radius 2 is 2.06 bits per heavy atom. The third kappa shape index (κ3) is 4.69. The predicted octanol–water partition coefficient (Wildman–Crippen LogP) is 3.15. The number of aldehydes is 1. The van der Waals surface area contributed by atoms with Crippen molar-refractivity contribution < 1.29 is 14.3 Å². The van der Waals surface area contributed by atoms with Gasteiger partial charge >= 0.3 is 5.97 Å². The molecule has 0 aliphatic carbocycles. The van der Waals surface area contributed by atoms with E-state index in [2.05, 4.69) is 15.9 Å². The summed E-state index contributed by atoms with van der Waals surface area (Å²) in [6.07, 6.45) is 0.969. The maximum absolute atomic E-state index is 11.6. The Kier molecular flexibility index (Phi) is 4.46. The molecule has 0 fully saturated rings. The molecule has 0 bridgehead atoms. The van der Waals surface area contributed by atoms with E-state index in [4.69, 9.17) is 4.74 Å². The number of esters is 1. The molecule has 1 aromatic rings. The first-order chi connectivity index (χ1) is 7.81. The van der Waals surface area contributed by atoms with Crippen molar-refractivity contribution in [2.24, 2.45) is 0 Å². The summed E-state index contributed by atoms with van der Waals surface area (Å²) < 4.78 is 5.90. The fourth-order valence-corrected chi connectivity index (χ4v) is 1.84. The van der Waals surface area contributed by atoms with Crippen LogP contribution in [0.5, 0.6) is 0 Å². The van der Waals surface area contributed by atoms with E-state index in [1.54, 1.807) is 18.2 Å². The Labute approximate surface area is 109 Å². The van der Waals surface area contributed by atoms with Crippen LogP contribution in [0.2, 0.25) is 0 Å². The average molecular weight is 299 g/mol. The zero-order valence-electron chi connectivity index (χ0n) is 10.1. The van der Waals surface area contributed by atoms with Crippen molar-refractivity contribution in [3.8, 4) is 0 Å². The highest BCUT2D eigenvalue weighted by Crippen LogP contribution is 2.18. The van der Waals surface area contributed by atoms with Gasteiger partial charge in [-0.3, -0.25) is 9.59 Å². The normalized spacial score (nSPS) is 11.1. The molecule has 3 nitrogen and oxygen atoms in total. The number of hydrogen-bond acceptors (Lipinski definition) is 3. The molecule has 17 heavy (non-hydrogen) atoms. The molecular weight excluding hydrogens is 284 g/mol. The molecule has 0 heterocycles. The summed E-state index contributed by atoms with van der Waals surface area (Å²) in [6, 6.07) is 5.18. The Morgan fingerprint density at radius 3 is 2.53 bits per heavy atom. The van der Waals surface area contributed by atoms with Crippen molar-refractivity contribution in [3.63, 3.8) is 0 Å². The molecule has 0 saturated heterocycles. The van der Waals surface area contributed by atoms with Gasteiger partial charge in [0, 0.05) is 10.0 Å². The highest BCUT2D eigenvalue weighted by molar-refractivity contribution is 9.10. The van der Waals surface area contributed by atoms with E-state index < -0.39 is 5.60 Å². The van der Waals surface area contributed by atoms with Crippen molar-refractivity contribution in [1.82, 2.24) is 0 Å². The van der Waals surface area contributed by atoms with Crippen molar-refractivity contribution >= 4 is 28.2 Å². The molecule has 0 aliphatic rings. The van der Waals surface area contributed by atoms with E-state index in [9.17, 15) is 9.59 Å². The first kappa shape index (κ1) is 13.9. The summed E-state index contributed by atoms with van der Waals surface area (Å²) in [6.45, 7) is 5.49. The molecule has 0 amide bonds. The van der Waals surface area contributed by atoms with Crippen LogP contribution in [0.3, 0.4) is 0 Å². The van der Waals surface area contributed by atoms with Crippen LogP contribution in [0.4, 0.5) is 0 Å². The lowest BCUT2D eigenvalue weighted by molar-refractivity contribution is -0.153. The van der Waals surface area contributed by atoms with E-state index in [0.717, 1.165) is 11.8 Å². The van der Waals surface area contributed by atoms with E-state index in [-0.39, 0.29) is 12.4 Å². The summed E-state index contributed by atoms with van der Waals surface area (Å²) in [4.78, 5) is 22.2. The van der Waals surface area contributed by atoms with Crippen molar-refractivity contribution in [3.05, 3.63) is 33.8 Å². The minimum absolute atomic E-state index is 0.203. The topological polar surface area (TPSA) is 43.4 Å². The van der Waals surface area contributed by atoms with Gasteiger partial charge in [-0.05, 0) is 32.4 Å². The molecular formula is C13H15BrO3. The van der Waals surface area contributed by atoms with Crippen LogP contribution in [0.15, 0.2) is 22.7 Å². The van der Waals surface area contributed by atoms with Gasteiger partial charge in [-0.2, -0.15) is 0 Å². The molecule has 92 valence electrons. The number of carbonyl (C=O) groups is 2. The minimum atomic E-state index is -0.475. The molecule has 0 aliphatic heterocycles. The molecule has 1 rings (SSSR count). The first-order valence-corrected chi connectivity index (χ1v) is 6.06. The average Bonchev–Trinajstić information content (AvgIpc) is 2.14. The molecule has 0 saturated carbocycles. The summed E-state index contributed by atoms with van der Waals surface area (Å²) >= 11 is 3.28. The van der Waals surface area contributed by atoms with Crippen LogP contribution >= 0.6 is 15.9 Å². The quantitative estimate of drug-likeness (QED) is 0.636. The van der Waals surface area contributed by atoms with Crippen LogP contribution in [0.25, 0.3) is 0 Å². The lowest BCUT2D eigenvalue weighted by Crippen LogP contribution is -2.24. The van der Waals surface area contributed by atoms with Crippen molar-refractivity contribution in [2.75, 3.05) is 0 Å². The standard InChI is InChI=1S/C13H15BrO3/c1-13(2,3)17-12(16)7-9-4-5-10(8-15)11(14)6-9/h4-6,8H,7H2,1-3H3. The minimum Gasteiger partial charge on any atom is -0.460 e. The van der Waals surface area contributed by atoms with Gasteiger partial charge < -0.3 is 4.74 Å². The first-order valence-electron chi connectivity index (χ1n) is 5.27. The Hall–Kier alpha value is -1.16. The van der Waals surface area contributed by atoms with Crippen molar-refractivity contribution in [2.45, 2.75) is 32.8 Å². The zero-order valence-corrected chi connectivity index (χ0v) is 11.7. The maximum Gasteiger partial charge on any atom is 0.310 e. The molecule has 0 N–H and O–H groups in total. The predicted molar refractivity (Wildman–Crippen MR) is 69.1 cm³/mol. The molecule has 1 aromatic carbocycles. The fraction of sp³-hybridized carbons (Fsp3) is 0.385. The van der Waals surface area contributed by atoms with Crippen LogP contribution in [-0.4, -0.2) is 17.9 Å². The van der Waals surface area contributed by atoms with Gasteiger partial charge in [-0.25, -0.2) is 0 Å². The van der Waals surface area contributed by atoms with E-state index in [0.29, 0.717) is 10.0 Å². The van der Waals surface area contributed by atoms with Crippen LogP contribution < -0.4 is 0 Å². The molecule has 0 radical (unpaired) electrons. The lowest BCUT2D eigenvalue weighted by Gasteiger charge is -2.19. The van der Waals surface area contributed by atoms with Gasteiger partial charge in [-0.15, -0.1) is 0 Å². The number of hydrogen-bond donors (Lipinski definition) is 0. The Balaban J connectivity index is 2.73. The molecule has 0 atom stereocenters. The number of benzene rings is 1. The van der Waals surface area contributed by atoms with Gasteiger partial charge in [0.15, 0.2) is 6.29 Å². The SMILES string of the molecule is CC(C)(C)OC(=O)Cc1ccc(C=O)c(Br)c1.